The molecule has 0 spiro atoms. The van der Waals surface area contributed by atoms with Crippen LogP contribution < -0.4 is 15.4 Å². The first-order valence-corrected chi connectivity index (χ1v) is 8.04. The molecule has 1 atom stereocenters. The summed E-state index contributed by atoms with van der Waals surface area (Å²) in [7, 11) is 0. The van der Waals surface area contributed by atoms with Gasteiger partial charge in [0.05, 0.1) is 12.3 Å². The summed E-state index contributed by atoms with van der Waals surface area (Å²) in [5.41, 5.74) is 6.58. The number of aliphatic hydroxyl groups excluding tert-OH is 1. The summed E-state index contributed by atoms with van der Waals surface area (Å²) < 4.78 is 5.78. The molecule has 2 heterocycles. The maximum Gasteiger partial charge on any atom is 0.239 e. The third-order valence-corrected chi connectivity index (χ3v) is 4.41. The van der Waals surface area contributed by atoms with Gasteiger partial charge in [0.1, 0.15) is 5.82 Å². The lowest BCUT2D eigenvalue weighted by Gasteiger charge is -2.36. The monoisotopic (exact) mass is 291 g/mol. The number of aliphatic hydroxyl groups is 1. The lowest BCUT2D eigenvalue weighted by molar-refractivity contribution is 0.261. The molecule has 0 bridgehead atoms. The SMILES string of the molecule is Nc1ccc(N2CCCCC2CCO)nc1OCC1CC1. The van der Waals surface area contributed by atoms with Crippen LogP contribution in [0.15, 0.2) is 12.1 Å². The van der Waals surface area contributed by atoms with Crippen molar-refractivity contribution >= 4 is 11.5 Å². The van der Waals surface area contributed by atoms with E-state index in [1.54, 1.807) is 0 Å². The van der Waals surface area contributed by atoms with Crippen molar-refractivity contribution in [2.75, 3.05) is 30.4 Å². The fraction of sp³-hybridized carbons (Fsp3) is 0.688. The third-order valence-electron chi connectivity index (χ3n) is 4.41. The fourth-order valence-electron chi connectivity index (χ4n) is 2.95. The van der Waals surface area contributed by atoms with E-state index in [9.17, 15) is 5.11 Å². The smallest absolute Gasteiger partial charge is 0.239 e. The molecule has 0 amide bonds. The molecular weight excluding hydrogens is 266 g/mol. The molecule has 2 aliphatic rings. The average molecular weight is 291 g/mol. The molecule has 2 fully saturated rings. The van der Waals surface area contributed by atoms with Gasteiger partial charge in [-0.2, -0.15) is 4.98 Å². The molecule has 0 radical (unpaired) electrons. The molecule has 0 aromatic carbocycles. The first kappa shape index (κ1) is 14.4. The Morgan fingerprint density at radius 1 is 1.29 bits per heavy atom. The minimum atomic E-state index is 0.223. The molecule has 1 aromatic rings. The van der Waals surface area contributed by atoms with E-state index in [0.717, 1.165) is 31.8 Å². The lowest BCUT2D eigenvalue weighted by Crippen LogP contribution is -2.40. The zero-order chi connectivity index (χ0) is 14.7. The molecule has 1 unspecified atom stereocenters. The number of pyridine rings is 1. The molecule has 5 heteroatoms. The van der Waals surface area contributed by atoms with Crippen LogP contribution in [0.25, 0.3) is 0 Å². The number of nitrogens with zero attached hydrogens (tertiary/aromatic N) is 2. The van der Waals surface area contributed by atoms with Gasteiger partial charge in [-0.15, -0.1) is 0 Å². The first-order chi connectivity index (χ1) is 10.3. The van der Waals surface area contributed by atoms with E-state index >= 15 is 0 Å². The second kappa shape index (κ2) is 6.52. The van der Waals surface area contributed by atoms with Crippen LogP contribution in [-0.4, -0.2) is 35.9 Å². The maximum absolute atomic E-state index is 9.24. The number of anilines is 2. The molecule has 21 heavy (non-hydrogen) atoms. The van der Waals surface area contributed by atoms with E-state index in [4.69, 9.17) is 10.5 Å². The van der Waals surface area contributed by atoms with Crippen LogP contribution in [0, 0.1) is 5.92 Å². The van der Waals surface area contributed by atoms with Gasteiger partial charge in [-0.05, 0) is 56.6 Å². The molecular formula is C16H25N3O2. The van der Waals surface area contributed by atoms with Gasteiger partial charge in [0.15, 0.2) is 0 Å². The molecule has 116 valence electrons. The normalized spacial score (nSPS) is 22.3. The summed E-state index contributed by atoms with van der Waals surface area (Å²) in [6.07, 6.45) is 6.82. The topological polar surface area (TPSA) is 71.6 Å². The van der Waals surface area contributed by atoms with Crippen LogP contribution >= 0.6 is 0 Å². The maximum atomic E-state index is 9.24. The number of nitrogens with two attached hydrogens (primary N) is 1. The Bertz CT molecular complexity index is 475. The Balaban J connectivity index is 1.74. The quantitative estimate of drug-likeness (QED) is 0.840. The van der Waals surface area contributed by atoms with Gasteiger partial charge in [-0.25, -0.2) is 0 Å². The fourth-order valence-corrected chi connectivity index (χ4v) is 2.95. The van der Waals surface area contributed by atoms with Crippen LogP contribution in [0.5, 0.6) is 5.88 Å². The molecule has 3 rings (SSSR count). The second-order valence-electron chi connectivity index (χ2n) is 6.17. The van der Waals surface area contributed by atoms with E-state index in [2.05, 4.69) is 9.88 Å². The van der Waals surface area contributed by atoms with Gasteiger partial charge < -0.3 is 20.5 Å². The molecule has 1 saturated heterocycles. The van der Waals surface area contributed by atoms with Crippen LogP contribution in [0.3, 0.4) is 0 Å². The van der Waals surface area contributed by atoms with Gasteiger partial charge >= 0.3 is 0 Å². The van der Waals surface area contributed by atoms with Crippen molar-refractivity contribution in [2.45, 2.75) is 44.6 Å². The molecule has 1 aliphatic carbocycles. The molecule has 1 aliphatic heterocycles. The van der Waals surface area contributed by atoms with Crippen molar-refractivity contribution in [2.24, 2.45) is 5.92 Å². The van der Waals surface area contributed by atoms with E-state index in [1.807, 2.05) is 12.1 Å². The average Bonchev–Trinajstić information content (AvgIpc) is 3.32. The molecule has 5 nitrogen and oxygen atoms in total. The van der Waals surface area contributed by atoms with Crippen molar-refractivity contribution in [1.82, 2.24) is 4.98 Å². The summed E-state index contributed by atoms with van der Waals surface area (Å²) in [4.78, 5) is 6.92. The van der Waals surface area contributed by atoms with Crippen LogP contribution in [0.4, 0.5) is 11.5 Å². The number of nitrogen functional groups attached to an aromatic ring is 1. The minimum absolute atomic E-state index is 0.223. The number of piperidine rings is 1. The van der Waals surface area contributed by atoms with Gasteiger partial charge in [0.25, 0.3) is 0 Å². The van der Waals surface area contributed by atoms with E-state index < -0.39 is 0 Å². The third kappa shape index (κ3) is 3.59. The van der Waals surface area contributed by atoms with Gasteiger partial charge in [0.2, 0.25) is 5.88 Å². The molecule has 1 aromatic heterocycles. The summed E-state index contributed by atoms with van der Waals surface area (Å²) >= 11 is 0. The largest absolute Gasteiger partial charge is 0.476 e. The van der Waals surface area contributed by atoms with Crippen molar-refractivity contribution in [3.05, 3.63) is 12.1 Å². The summed E-state index contributed by atoms with van der Waals surface area (Å²) in [5, 5.41) is 9.24. The highest BCUT2D eigenvalue weighted by Crippen LogP contribution is 2.32. The van der Waals surface area contributed by atoms with Crippen molar-refractivity contribution in [1.29, 1.82) is 0 Å². The number of hydrogen-bond acceptors (Lipinski definition) is 5. The van der Waals surface area contributed by atoms with Crippen molar-refractivity contribution in [3.8, 4) is 5.88 Å². The molecule has 1 saturated carbocycles. The number of ether oxygens (including phenoxy) is 1. The van der Waals surface area contributed by atoms with Gasteiger partial charge in [-0.3, -0.25) is 0 Å². The predicted octanol–water partition coefficient (Wildman–Crippen LogP) is 2.19. The van der Waals surface area contributed by atoms with E-state index in [1.165, 1.54) is 25.7 Å². The first-order valence-electron chi connectivity index (χ1n) is 8.04. The number of rotatable bonds is 6. The predicted molar refractivity (Wildman–Crippen MR) is 83.6 cm³/mol. The number of hydrogen-bond donors (Lipinski definition) is 2. The Morgan fingerprint density at radius 3 is 2.90 bits per heavy atom. The number of aromatic nitrogens is 1. The summed E-state index contributed by atoms with van der Waals surface area (Å²) in [6, 6.07) is 4.22. The van der Waals surface area contributed by atoms with Crippen molar-refractivity contribution in [3.63, 3.8) is 0 Å². The van der Waals surface area contributed by atoms with Crippen LogP contribution in [-0.2, 0) is 0 Å². The van der Waals surface area contributed by atoms with E-state index in [-0.39, 0.29) is 6.61 Å². The van der Waals surface area contributed by atoms with E-state index in [0.29, 0.717) is 23.5 Å². The van der Waals surface area contributed by atoms with Gasteiger partial charge in [0, 0.05) is 19.2 Å². The summed E-state index contributed by atoms with van der Waals surface area (Å²) in [5.74, 6) is 2.17. The summed E-state index contributed by atoms with van der Waals surface area (Å²) in [6.45, 7) is 1.94. The lowest BCUT2D eigenvalue weighted by atomic mass is 9.99. The molecule has 3 N–H and O–H groups in total. The van der Waals surface area contributed by atoms with Crippen LogP contribution in [0.1, 0.15) is 38.5 Å². The van der Waals surface area contributed by atoms with Crippen LogP contribution in [0.2, 0.25) is 0 Å². The van der Waals surface area contributed by atoms with Crippen molar-refractivity contribution < 1.29 is 9.84 Å². The highest BCUT2D eigenvalue weighted by molar-refractivity contribution is 5.55. The minimum Gasteiger partial charge on any atom is -0.476 e. The highest BCUT2D eigenvalue weighted by Gasteiger charge is 2.25. The zero-order valence-electron chi connectivity index (χ0n) is 12.5. The zero-order valence-corrected chi connectivity index (χ0v) is 12.5. The Hall–Kier alpha value is -1.49. The highest BCUT2D eigenvalue weighted by atomic mass is 16.5. The Morgan fingerprint density at radius 2 is 2.14 bits per heavy atom. The van der Waals surface area contributed by atoms with Gasteiger partial charge in [-0.1, -0.05) is 0 Å². The second-order valence-corrected chi connectivity index (χ2v) is 6.17. The Labute approximate surface area is 126 Å². The standard InChI is InChI=1S/C16H25N3O2/c17-14-6-7-15(18-16(14)21-11-12-4-5-12)19-9-2-1-3-13(19)8-10-20/h6-7,12-13,20H,1-5,8-11,17H2. The Kier molecular flexibility index (Phi) is 4.48.